The number of hydrogen-bond donors (Lipinski definition) is 2. The van der Waals surface area contributed by atoms with Gasteiger partial charge in [0, 0.05) is 12.7 Å². The zero-order valence-electron chi connectivity index (χ0n) is 14.6. The second-order valence-corrected chi connectivity index (χ2v) is 6.36. The second-order valence-electron chi connectivity index (χ2n) is 5.95. The van der Waals surface area contributed by atoms with Gasteiger partial charge in [-0.05, 0) is 37.6 Å². The summed E-state index contributed by atoms with van der Waals surface area (Å²) in [6.07, 6.45) is 0. The summed E-state index contributed by atoms with van der Waals surface area (Å²) in [5.41, 5.74) is 3.69. The summed E-state index contributed by atoms with van der Waals surface area (Å²) in [6, 6.07) is 13.0. The average Bonchev–Trinajstić information content (AvgIpc) is 2.55. The smallest absolute Gasteiger partial charge is 0.244 e. The van der Waals surface area contributed by atoms with E-state index in [1.807, 2.05) is 32.0 Å². The molecule has 0 unspecified atom stereocenters. The third-order valence-corrected chi connectivity index (χ3v) is 4.10. The quantitative estimate of drug-likeness (QED) is 0.830. The normalized spacial score (nSPS) is 10.2. The van der Waals surface area contributed by atoms with Gasteiger partial charge in [-0.25, -0.2) is 0 Å². The van der Waals surface area contributed by atoms with Crippen molar-refractivity contribution in [2.75, 3.05) is 30.8 Å². The number of carbonyl (C=O) groups is 2. The van der Waals surface area contributed by atoms with Crippen LogP contribution in [-0.2, 0) is 9.59 Å². The Hall–Kier alpha value is -2.53. The number of amides is 2. The number of halogens is 1. The molecule has 0 bridgehead atoms. The molecule has 2 amide bonds. The highest BCUT2D eigenvalue weighted by Gasteiger charge is 2.14. The maximum absolute atomic E-state index is 12.2. The lowest BCUT2D eigenvalue weighted by molar-refractivity contribution is -0.131. The fraction of sp³-hybridized carbons (Fsp3) is 0.263. The summed E-state index contributed by atoms with van der Waals surface area (Å²) in [6.45, 7) is 4.09. The molecule has 0 saturated heterocycles. The lowest BCUT2D eigenvalue weighted by Gasteiger charge is -2.18. The number of para-hydroxylation sites is 1. The van der Waals surface area contributed by atoms with Crippen molar-refractivity contribution in [3.63, 3.8) is 0 Å². The predicted octanol–water partition coefficient (Wildman–Crippen LogP) is 3.47. The Morgan fingerprint density at radius 2 is 1.80 bits per heavy atom. The molecule has 0 spiro atoms. The Morgan fingerprint density at radius 3 is 2.48 bits per heavy atom. The van der Waals surface area contributed by atoms with E-state index in [-0.39, 0.29) is 24.9 Å². The van der Waals surface area contributed by atoms with E-state index in [2.05, 4.69) is 10.6 Å². The molecule has 0 aliphatic heterocycles. The summed E-state index contributed by atoms with van der Waals surface area (Å²) >= 11 is 6.01. The van der Waals surface area contributed by atoms with Crippen LogP contribution in [0.1, 0.15) is 11.1 Å². The number of hydrogen-bond acceptors (Lipinski definition) is 3. The van der Waals surface area contributed by atoms with E-state index < -0.39 is 0 Å². The third-order valence-electron chi connectivity index (χ3n) is 3.77. The average molecular weight is 360 g/mol. The number of rotatable bonds is 6. The van der Waals surface area contributed by atoms with Gasteiger partial charge in [0.25, 0.3) is 0 Å². The highest BCUT2D eigenvalue weighted by atomic mass is 35.5. The van der Waals surface area contributed by atoms with E-state index in [0.717, 1.165) is 11.3 Å². The molecule has 2 aromatic rings. The van der Waals surface area contributed by atoms with Crippen LogP contribution in [0.3, 0.4) is 0 Å². The molecule has 2 rings (SSSR count). The number of nitrogens with one attached hydrogen (secondary N) is 2. The fourth-order valence-electron chi connectivity index (χ4n) is 2.37. The van der Waals surface area contributed by atoms with E-state index in [4.69, 9.17) is 11.6 Å². The van der Waals surface area contributed by atoms with E-state index in [9.17, 15) is 9.59 Å². The van der Waals surface area contributed by atoms with Crippen molar-refractivity contribution in [3.05, 3.63) is 58.6 Å². The molecule has 25 heavy (non-hydrogen) atoms. The second kappa shape index (κ2) is 8.53. The van der Waals surface area contributed by atoms with Gasteiger partial charge in [0.15, 0.2) is 0 Å². The third kappa shape index (κ3) is 5.50. The zero-order chi connectivity index (χ0) is 18.4. The van der Waals surface area contributed by atoms with Gasteiger partial charge in [0.2, 0.25) is 11.8 Å². The number of benzene rings is 2. The summed E-state index contributed by atoms with van der Waals surface area (Å²) < 4.78 is 0. The Morgan fingerprint density at radius 1 is 1.08 bits per heavy atom. The molecule has 2 N–H and O–H groups in total. The van der Waals surface area contributed by atoms with Crippen molar-refractivity contribution in [1.82, 2.24) is 4.90 Å². The molecule has 0 saturated carbocycles. The molecule has 0 aliphatic carbocycles. The van der Waals surface area contributed by atoms with Crippen LogP contribution >= 0.6 is 11.6 Å². The Labute approximate surface area is 153 Å². The standard InChI is InChI=1S/C19H22ClN3O2/c1-13-8-9-16(14(2)10-13)21-11-19(25)23(3)12-18(24)22-17-7-5-4-6-15(17)20/h4-10,21H,11-12H2,1-3H3,(H,22,24). The molecule has 0 atom stereocenters. The fourth-order valence-corrected chi connectivity index (χ4v) is 2.56. The molecular weight excluding hydrogens is 338 g/mol. The van der Waals surface area contributed by atoms with Gasteiger partial charge < -0.3 is 15.5 Å². The van der Waals surface area contributed by atoms with Gasteiger partial charge in [-0.2, -0.15) is 0 Å². The first-order chi connectivity index (χ1) is 11.9. The minimum atomic E-state index is -0.296. The first kappa shape index (κ1) is 18.8. The molecule has 2 aromatic carbocycles. The van der Waals surface area contributed by atoms with E-state index in [1.54, 1.807) is 31.3 Å². The largest absolute Gasteiger partial charge is 0.376 e. The molecule has 0 aliphatic rings. The van der Waals surface area contributed by atoms with Gasteiger partial charge in [-0.3, -0.25) is 9.59 Å². The zero-order valence-corrected chi connectivity index (χ0v) is 15.4. The summed E-state index contributed by atoms with van der Waals surface area (Å²) in [4.78, 5) is 25.6. The maximum Gasteiger partial charge on any atom is 0.244 e. The van der Waals surface area contributed by atoms with Crippen molar-refractivity contribution < 1.29 is 9.59 Å². The van der Waals surface area contributed by atoms with Crippen LogP contribution < -0.4 is 10.6 Å². The number of aryl methyl sites for hydroxylation is 2. The first-order valence-corrected chi connectivity index (χ1v) is 8.34. The lowest BCUT2D eigenvalue weighted by Crippen LogP contribution is -2.38. The van der Waals surface area contributed by atoms with Crippen molar-refractivity contribution in [2.24, 2.45) is 0 Å². The maximum atomic E-state index is 12.2. The predicted molar refractivity (Wildman–Crippen MR) is 102 cm³/mol. The van der Waals surface area contributed by atoms with Crippen LogP contribution in [0.15, 0.2) is 42.5 Å². The molecule has 0 aromatic heterocycles. The van der Waals surface area contributed by atoms with Gasteiger partial charge in [-0.15, -0.1) is 0 Å². The number of nitrogens with zero attached hydrogens (tertiary/aromatic N) is 1. The van der Waals surface area contributed by atoms with Crippen molar-refractivity contribution in [3.8, 4) is 0 Å². The van der Waals surface area contributed by atoms with Crippen molar-refractivity contribution in [2.45, 2.75) is 13.8 Å². The van der Waals surface area contributed by atoms with Crippen LogP contribution in [0.5, 0.6) is 0 Å². The minimum Gasteiger partial charge on any atom is -0.376 e. The number of anilines is 2. The molecule has 6 heteroatoms. The van der Waals surface area contributed by atoms with Crippen LogP contribution in [0, 0.1) is 13.8 Å². The van der Waals surface area contributed by atoms with Gasteiger partial charge in [0.05, 0.1) is 23.8 Å². The highest BCUT2D eigenvalue weighted by molar-refractivity contribution is 6.33. The summed E-state index contributed by atoms with van der Waals surface area (Å²) in [7, 11) is 1.60. The Kier molecular flexibility index (Phi) is 6.42. The monoisotopic (exact) mass is 359 g/mol. The van der Waals surface area contributed by atoms with Crippen LogP contribution in [-0.4, -0.2) is 36.9 Å². The molecule has 0 heterocycles. The van der Waals surface area contributed by atoms with E-state index in [0.29, 0.717) is 10.7 Å². The van der Waals surface area contributed by atoms with Crippen LogP contribution in [0.4, 0.5) is 11.4 Å². The molecule has 0 radical (unpaired) electrons. The number of carbonyl (C=O) groups excluding carboxylic acids is 2. The van der Waals surface area contributed by atoms with Crippen molar-refractivity contribution >= 4 is 34.8 Å². The minimum absolute atomic E-state index is 0.0430. The summed E-state index contributed by atoms with van der Waals surface area (Å²) in [5.74, 6) is -0.468. The first-order valence-electron chi connectivity index (χ1n) is 7.96. The van der Waals surface area contributed by atoms with E-state index >= 15 is 0 Å². The molecule has 5 nitrogen and oxygen atoms in total. The van der Waals surface area contributed by atoms with Gasteiger partial charge in [-0.1, -0.05) is 41.4 Å². The summed E-state index contributed by atoms with van der Waals surface area (Å²) in [5, 5.41) is 6.27. The molecule has 132 valence electrons. The Bertz CT molecular complexity index is 777. The SMILES string of the molecule is Cc1ccc(NCC(=O)N(C)CC(=O)Nc2ccccc2Cl)c(C)c1. The van der Waals surface area contributed by atoms with E-state index in [1.165, 1.54) is 10.5 Å². The topological polar surface area (TPSA) is 61.4 Å². The van der Waals surface area contributed by atoms with Crippen LogP contribution in [0.2, 0.25) is 5.02 Å². The van der Waals surface area contributed by atoms with Crippen molar-refractivity contribution in [1.29, 1.82) is 0 Å². The Balaban J connectivity index is 1.85. The lowest BCUT2D eigenvalue weighted by atomic mass is 10.1. The highest BCUT2D eigenvalue weighted by Crippen LogP contribution is 2.20. The number of likely N-dealkylation sites (N-methyl/N-ethyl adjacent to an activating group) is 1. The van der Waals surface area contributed by atoms with Gasteiger partial charge in [0.1, 0.15) is 0 Å². The van der Waals surface area contributed by atoms with Crippen LogP contribution in [0.25, 0.3) is 0 Å². The molecular formula is C19H22ClN3O2. The van der Waals surface area contributed by atoms with Gasteiger partial charge >= 0.3 is 0 Å². The molecule has 0 fully saturated rings.